The number of aliphatic imine (C=N–C) groups is 1. The van der Waals surface area contributed by atoms with Crippen molar-refractivity contribution in [2.45, 2.75) is 49.8 Å². The second kappa shape index (κ2) is 5.30. The molecule has 1 N–H and O–H groups in total. The van der Waals surface area contributed by atoms with Crippen molar-refractivity contribution in [3.63, 3.8) is 0 Å². The first kappa shape index (κ1) is 13.8. The van der Waals surface area contributed by atoms with E-state index in [0.717, 1.165) is 31.4 Å². The van der Waals surface area contributed by atoms with E-state index in [0.29, 0.717) is 6.04 Å². The number of likely N-dealkylation sites (tertiary alicyclic amines) is 1. The molecule has 1 aromatic rings. The van der Waals surface area contributed by atoms with Crippen molar-refractivity contribution in [1.82, 2.24) is 4.90 Å². The average Bonchev–Trinajstić information content (AvgIpc) is 2.48. The van der Waals surface area contributed by atoms with Crippen molar-refractivity contribution in [2.75, 3.05) is 14.1 Å². The van der Waals surface area contributed by atoms with Gasteiger partial charge in [-0.3, -0.25) is 9.89 Å². The van der Waals surface area contributed by atoms with Crippen LogP contribution in [-0.4, -0.2) is 41.5 Å². The summed E-state index contributed by atoms with van der Waals surface area (Å²) in [5, 5.41) is 11.1. The van der Waals surface area contributed by atoms with Gasteiger partial charge in [-0.1, -0.05) is 43.2 Å². The van der Waals surface area contributed by atoms with E-state index in [-0.39, 0.29) is 6.04 Å². The SMILES string of the molecule is CN=C1C[C@H](c2ccccc2)N(C)[C@@H]2CCCC[C@@]12O. The molecule has 0 bridgehead atoms. The lowest BCUT2D eigenvalue weighted by molar-refractivity contribution is -0.0464. The number of piperidine rings is 1. The third kappa shape index (κ3) is 2.09. The Kier molecular flexibility index (Phi) is 3.65. The van der Waals surface area contributed by atoms with Gasteiger partial charge >= 0.3 is 0 Å². The van der Waals surface area contributed by atoms with Crippen LogP contribution in [0.5, 0.6) is 0 Å². The summed E-state index contributed by atoms with van der Waals surface area (Å²) in [7, 11) is 3.98. The van der Waals surface area contributed by atoms with Crippen molar-refractivity contribution in [3.05, 3.63) is 35.9 Å². The number of nitrogens with zero attached hydrogens (tertiary/aromatic N) is 2. The molecule has 0 aromatic heterocycles. The molecule has 1 heterocycles. The summed E-state index contributed by atoms with van der Waals surface area (Å²) in [6.07, 6.45) is 5.07. The lowest BCUT2D eigenvalue weighted by Crippen LogP contribution is -2.62. The number of hydrogen-bond acceptors (Lipinski definition) is 3. The molecular formula is C17H24N2O. The first-order valence-corrected chi connectivity index (χ1v) is 7.62. The van der Waals surface area contributed by atoms with Gasteiger partial charge in [0.2, 0.25) is 0 Å². The summed E-state index contributed by atoms with van der Waals surface area (Å²) in [6, 6.07) is 11.1. The van der Waals surface area contributed by atoms with Gasteiger partial charge < -0.3 is 5.11 Å². The van der Waals surface area contributed by atoms with Gasteiger partial charge in [-0.2, -0.15) is 0 Å². The van der Waals surface area contributed by atoms with Gasteiger partial charge in [0, 0.05) is 31.3 Å². The Morgan fingerprint density at radius 2 is 2.00 bits per heavy atom. The van der Waals surface area contributed by atoms with Crippen LogP contribution in [0.3, 0.4) is 0 Å². The number of aliphatic hydroxyl groups is 1. The molecule has 0 unspecified atom stereocenters. The maximum Gasteiger partial charge on any atom is 0.118 e. The molecule has 3 nitrogen and oxygen atoms in total. The second-order valence-corrected chi connectivity index (χ2v) is 6.15. The van der Waals surface area contributed by atoms with Crippen molar-refractivity contribution in [3.8, 4) is 0 Å². The summed E-state index contributed by atoms with van der Waals surface area (Å²) in [6.45, 7) is 0. The Bertz CT molecular complexity index is 499. The van der Waals surface area contributed by atoms with E-state index in [1.54, 1.807) is 0 Å². The molecule has 1 aliphatic heterocycles. The van der Waals surface area contributed by atoms with E-state index < -0.39 is 5.60 Å². The normalized spacial score (nSPS) is 36.9. The highest BCUT2D eigenvalue weighted by molar-refractivity contribution is 5.94. The Morgan fingerprint density at radius 1 is 1.25 bits per heavy atom. The predicted molar refractivity (Wildman–Crippen MR) is 82.1 cm³/mol. The van der Waals surface area contributed by atoms with Gasteiger partial charge in [0.25, 0.3) is 0 Å². The minimum Gasteiger partial charge on any atom is -0.382 e. The van der Waals surface area contributed by atoms with Crippen LogP contribution in [0.15, 0.2) is 35.3 Å². The summed E-state index contributed by atoms with van der Waals surface area (Å²) >= 11 is 0. The first-order chi connectivity index (χ1) is 9.66. The number of likely N-dealkylation sites (N-methyl/N-ethyl adjacent to an activating group) is 1. The van der Waals surface area contributed by atoms with Gasteiger partial charge in [0.1, 0.15) is 5.60 Å². The van der Waals surface area contributed by atoms with Crippen LogP contribution in [0, 0.1) is 0 Å². The number of fused-ring (bicyclic) bond motifs is 1. The zero-order valence-corrected chi connectivity index (χ0v) is 12.4. The molecule has 1 saturated heterocycles. The molecule has 2 fully saturated rings. The molecule has 1 saturated carbocycles. The Labute approximate surface area is 121 Å². The number of hydrogen-bond donors (Lipinski definition) is 1. The molecule has 3 rings (SSSR count). The maximum atomic E-state index is 11.1. The Morgan fingerprint density at radius 3 is 2.70 bits per heavy atom. The smallest absolute Gasteiger partial charge is 0.118 e. The second-order valence-electron chi connectivity index (χ2n) is 6.15. The molecule has 108 valence electrons. The highest BCUT2D eigenvalue weighted by Crippen LogP contribution is 2.43. The van der Waals surface area contributed by atoms with Gasteiger partial charge in [0.05, 0.1) is 0 Å². The summed E-state index contributed by atoms with van der Waals surface area (Å²) in [5.74, 6) is 0. The highest BCUT2D eigenvalue weighted by Gasteiger charge is 2.50. The van der Waals surface area contributed by atoms with Crippen molar-refractivity contribution < 1.29 is 5.11 Å². The largest absolute Gasteiger partial charge is 0.382 e. The summed E-state index contributed by atoms with van der Waals surface area (Å²) in [5.41, 5.74) is 1.62. The van der Waals surface area contributed by atoms with E-state index in [1.807, 2.05) is 7.05 Å². The number of rotatable bonds is 1. The number of benzene rings is 1. The quantitative estimate of drug-likeness (QED) is 0.853. The molecule has 20 heavy (non-hydrogen) atoms. The van der Waals surface area contributed by atoms with Gasteiger partial charge in [-0.15, -0.1) is 0 Å². The fraction of sp³-hybridized carbons (Fsp3) is 0.588. The summed E-state index contributed by atoms with van der Waals surface area (Å²) < 4.78 is 0. The van der Waals surface area contributed by atoms with E-state index in [4.69, 9.17) is 0 Å². The third-order valence-electron chi connectivity index (χ3n) is 5.16. The minimum absolute atomic E-state index is 0.203. The van der Waals surface area contributed by atoms with E-state index in [9.17, 15) is 5.11 Å². The fourth-order valence-electron chi connectivity index (χ4n) is 4.05. The lowest BCUT2D eigenvalue weighted by atomic mass is 9.70. The van der Waals surface area contributed by atoms with Crippen molar-refractivity contribution in [1.29, 1.82) is 0 Å². The monoisotopic (exact) mass is 272 g/mol. The van der Waals surface area contributed by atoms with Gasteiger partial charge in [-0.05, 0) is 25.5 Å². The van der Waals surface area contributed by atoms with Crippen LogP contribution in [0.2, 0.25) is 0 Å². The fourth-order valence-corrected chi connectivity index (χ4v) is 4.05. The maximum absolute atomic E-state index is 11.1. The van der Waals surface area contributed by atoms with Crippen LogP contribution >= 0.6 is 0 Å². The van der Waals surface area contributed by atoms with Crippen LogP contribution in [-0.2, 0) is 0 Å². The first-order valence-electron chi connectivity index (χ1n) is 7.62. The molecule has 0 spiro atoms. The zero-order valence-electron chi connectivity index (χ0n) is 12.4. The Balaban J connectivity index is 1.97. The van der Waals surface area contributed by atoms with E-state index in [2.05, 4.69) is 47.3 Å². The van der Waals surface area contributed by atoms with Crippen LogP contribution in [0.25, 0.3) is 0 Å². The van der Waals surface area contributed by atoms with Gasteiger partial charge in [0.15, 0.2) is 0 Å². The zero-order chi connectivity index (χ0) is 14.2. The summed E-state index contributed by atoms with van der Waals surface area (Å²) in [4.78, 5) is 6.83. The van der Waals surface area contributed by atoms with Crippen LogP contribution in [0.4, 0.5) is 0 Å². The standard InChI is InChI=1S/C17H24N2O/c1-18-15-12-14(13-8-4-3-5-9-13)19(2)16-10-6-7-11-17(15,16)20/h3-5,8-9,14,16,20H,6-7,10-12H2,1-2H3/t14-,16-,17-/m1/s1. The van der Waals surface area contributed by atoms with Gasteiger partial charge in [-0.25, -0.2) is 0 Å². The molecule has 3 atom stereocenters. The topological polar surface area (TPSA) is 35.8 Å². The molecule has 0 radical (unpaired) electrons. The Hall–Kier alpha value is -1.19. The molecule has 3 heteroatoms. The van der Waals surface area contributed by atoms with Crippen LogP contribution in [0.1, 0.15) is 43.7 Å². The van der Waals surface area contributed by atoms with Crippen molar-refractivity contribution in [2.24, 2.45) is 4.99 Å². The molecule has 2 aliphatic rings. The predicted octanol–water partition coefficient (Wildman–Crippen LogP) is 2.81. The third-order valence-corrected chi connectivity index (χ3v) is 5.16. The van der Waals surface area contributed by atoms with E-state index in [1.165, 1.54) is 12.0 Å². The average molecular weight is 272 g/mol. The van der Waals surface area contributed by atoms with E-state index >= 15 is 0 Å². The molecular weight excluding hydrogens is 248 g/mol. The minimum atomic E-state index is -0.701. The molecule has 0 amide bonds. The highest BCUT2D eigenvalue weighted by atomic mass is 16.3. The van der Waals surface area contributed by atoms with Crippen LogP contribution < -0.4 is 0 Å². The molecule has 1 aromatic carbocycles. The lowest BCUT2D eigenvalue weighted by Gasteiger charge is -2.52. The molecule has 1 aliphatic carbocycles. The van der Waals surface area contributed by atoms with Crippen molar-refractivity contribution >= 4 is 5.71 Å².